The first kappa shape index (κ1) is 26.2. The fraction of sp³-hybridized carbons (Fsp3) is 0.192. The predicted octanol–water partition coefficient (Wildman–Crippen LogP) is 6.41. The van der Waals surface area contributed by atoms with Crippen molar-refractivity contribution in [2.24, 2.45) is 0 Å². The lowest BCUT2D eigenvalue weighted by molar-refractivity contribution is -0.147. The number of carbonyl (C=O) groups excluding carboxylic acids is 3. The molecule has 0 atom stereocenters. The van der Waals surface area contributed by atoms with E-state index in [1.165, 1.54) is 0 Å². The van der Waals surface area contributed by atoms with Gasteiger partial charge in [0.15, 0.2) is 6.61 Å². The maximum absolute atomic E-state index is 12.2. The van der Waals surface area contributed by atoms with Gasteiger partial charge in [0, 0.05) is 22.3 Å². The monoisotopic (exact) mass is 558 g/mol. The minimum atomic E-state index is -0.637. The topological polar surface area (TPSA) is 93.7 Å². The van der Waals surface area contributed by atoms with Gasteiger partial charge in [-0.05, 0) is 73.5 Å². The number of hydrogen-bond donors (Lipinski definition) is 2. The van der Waals surface area contributed by atoms with E-state index < -0.39 is 18.5 Å². The molecule has 35 heavy (non-hydrogen) atoms. The van der Waals surface area contributed by atoms with E-state index in [0.29, 0.717) is 27.9 Å². The molecule has 0 spiro atoms. The van der Waals surface area contributed by atoms with Crippen LogP contribution in [0.3, 0.4) is 0 Å². The fourth-order valence-electron chi connectivity index (χ4n) is 3.03. The second kappa shape index (κ2) is 12.4. The SMILES string of the molecule is Cc1c(Br)ccc(NC(=O)COC(=O)CCC(=O)Nc2ccc(Oc3ccccc3Cl)cc2)c1C. The molecule has 0 unspecified atom stereocenters. The standard InChI is InChI=1S/C26H24BrClN2O5/c1-16-17(2)22(12-11-20(16)27)30-25(32)15-34-26(33)14-13-24(31)29-18-7-9-19(10-8-18)35-23-6-4-3-5-21(23)28/h3-12H,13-15H2,1-2H3,(H,29,31)(H,30,32). The quantitative estimate of drug-likeness (QED) is 0.295. The van der Waals surface area contributed by atoms with Crippen LogP contribution in [0.2, 0.25) is 5.02 Å². The Balaban J connectivity index is 1.39. The molecule has 0 heterocycles. The van der Waals surface area contributed by atoms with Crippen LogP contribution in [-0.2, 0) is 19.1 Å². The Kier molecular flexibility index (Phi) is 9.28. The second-order valence-corrected chi connectivity index (χ2v) is 8.92. The summed E-state index contributed by atoms with van der Waals surface area (Å²) in [6.45, 7) is 3.39. The molecule has 7 nitrogen and oxygen atoms in total. The van der Waals surface area contributed by atoms with Crippen molar-refractivity contribution < 1.29 is 23.9 Å². The number of benzene rings is 3. The molecular formula is C26H24BrClN2O5. The molecule has 0 bridgehead atoms. The van der Waals surface area contributed by atoms with E-state index in [1.54, 1.807) is 42.5 Å². The average molecular weight is 560 g/mol. The molecule has 2 amide bonds. The van der Waals surface area contributed by atoms with Gasteiger partial charge in [-0.25, -0.2) is 0 Å². The van der Waals surface area contributed by atoms with E-state index in [0.717, 1.165) is 15.6 Å². The van der Waals surface area contributed by atoms with Crippen LogP contribution in [0.25, 0.3) is 0 Å². The van der Waals surface area contributed by atoms with Gasteiger partial charge in [-0.1, -0.05) is 39.7 Å². The van der Waals surface area contributed by atoms with Crippen molar-refractivity contribution in [1.82, 2.24) is 0 Å². The maximum Gasteiger partial charge on any atom is 0.306 e. The lowest BCUT2D eigenvalue weighted by Crippen LogP contribution is -2.22. The predicted molar refractivity (Wildman–Crippen MR) is 139 cm³/mol. The molecule has 0 saturated carbocycles. The summed E-state index contributed by atoms with van der Waals surface area (Å²) in [7, 11) is 0. The normalized spacial score (nSPS) is 10.4. The van der Waals surface area contributed by atoms with E-state index in [2.05, 4.69) is 26.6 Å². The molecule has 2 N–H and O–H groups in total. The van der Waals surface area contributed by atoms with Gasteiger partial charge in [-0.3, -0.25) is 14.4 Å². The summed E-state index contributed by atoms with van der Waals surface area (Å²) in [5, 5.41) is 5.92. The lowest BCUT2D eigenvalue weighted by Gasteiger charge is -2.12. The molecule has 3 aromatic rings. The van der Waals surface area contributed by atoms with Crippen LogP contribution in [-0.4, -0.2) is 24.4 Å². The Bertz CT molecular complexity index is 1230. The van der Waals surface area contributed by atoms with E-state index in [1.807, 2.05) is 32.0 Å². The summed E-state index contributed by atoms with van der Waals surface area (Å²) in [6, 6.07) is 17.5. The highest BCUT2D eigenvalue weighted by molar-refractivity contribution is 9.10. The van der Waals surface area contributed by atoms with Crippen molar-refractivity contribution in [2.45, 2.75) is 26.7 Å². The van der Waals surface area contributed by atoms with Gasteiger partial charge in [0.25, 0.3) is 5.91 Å². The van der Waals surface area contributed by atoms with Gasteiger partial charge >= 0.3 is 5.97 Å². The number of amides is 2. The Morgan fingerprint density at radius 1 is 0.857 bits per heavy atom. The minimum absolute atomic E-state index is 0.0800. The van der Waals surface area contributed by atoms with Crippen molar-refractivity contribution in [3.8, 4) is 11.5 Å². The van der Waals surface area contributed by atoms with Gasteiger partial charge in [-0.2, -0.15) is 0 Å². The summed E-state index contributed by atoms with van der Waals surface area (Å²) in [6.07, 6.45) is -0.230. The molecule has 0 aliphatic heterocycles. The zero-order valence-electron chi connectivity index (χ0n) is 19.2. The highest BCUT2D eigenvalue weighted by atomic mass is 79.9. The Morgan fingerprint density at radius 3 is 2.29 bits per heavy atom. The molecule has 3 aromatic carbocycles. The largest absolute Gasteiger partial charge is 0.456 e. The fourth-order valence-corrected chi connectivity index (χ4v) is 3.63. The highest BCUT2D eigenvalue weighted by Crippen LogP contribution is 2.29. The molecule has 0 aliphatic carbocycles. The number of carbonyl (C=O) groups is 3. The van der Waals surface area contributed by atoms with Gasteiger partial charge in [0.1, 0.15) is 11.5 Å². The van der Waals surface area contributed by atoms with Crippen molar-refractivity contribution >= 4 is 56.7 Å². The van der Waals surface area contributed by atoms with Gasteiger partial charge in [0.2, 0.25) is 5.91 Å². The number of rotatable bonds is 9. The number of para-hydroxylation sites is 1. The third kappa shape index (κ3) is 7.83. The van der Waals surface area contributed by atoms with Crippen molar-refractivity contribution in [1.29, 1.82) is 0 Å². The molecule has 182 valence electrons. The second-order valence-electron chi connectivity index (χ2n) is 7.66. The van der Waals surface area contributed by atoms with Gasteiger partial charge < -0.3 is 20.1 Å². The Hall–Kier alpha value is -3.36. The van der Waals surface area contributed by atoms with Gasteiger partial charge in [-0.15, -0.1) is 0 Å². The number of esters is 1. The summed E-state index contributed by atoms with van der Waals surface area (Å²) in [5.41, 5.74) is 3.12. The van der Waals surface area contributed by atoms with Crippen molar-refractivity contribution in [3.63, 3.8) is 0 Å². The lowest BCUT2D eigenvalue weighted by atomic mass is 10.1. The van der Waals surface area contributed by atoms with Crippen LogP contribution < -0.4 is 15.4 Å². The third-order valence-corrected chi connectivity index (χ3v) is 6.29. The van der Waals surface area contributed by atoms with Crippen LogP contribution in [0.5, 0.6) is 11.5 Å². The van der Waals surface area contributed by atoms with Crippen molar-refractivity contribution in [2.75, 3.05) is 17.2 Å². The van der Waals surface area contributed by atoms with E-state index in [9.17, 15) is 14.4 Å². The minimum Gasteiger partial charge on any atom is -0.456 e. The van der Waals surface area contributed by atoms with Crippen LogP contribution in [0.15, 0.2) is 65.1 Å². The first-order valence-electron chi connectivity index (χ1n) is 10.8. The molecule has 0 fully saturated rings. The molecule has 0 saturated heterocycles. The number of nitrogens with one attached hydrogen (secondary N) is 2. The molecule has 0 radical (unpaired) electrons. The van der Waals surface area contributed by atoms with Crippen LogP contribution in [0.1, 0.15) is 24.0 Å². The molecule has 0 aromatic heterocycles. The summed E-state index contributed by atoms with van der Waals surface area (Å²) in [5.74, 6) is -0.354. The smallest absolute Gasteiger partial charge is 0.306 e. The van der Waals surface area contributed by atoms with E-state index >= 15 is 0 Å². The van der Waals surface area contributed by atoms with Crippen LogP contribution in [0, 0.1) is 13.8 Å². The number of anilines is 2. The Morgan fingerprint density at radius 2 is 1.57 bits per heavy atom. The van der Waals surface area contributed by atoms with E-state index in [4.69, 9.17) is 21.1 Å². The summed E-state index contributed by atoms with van der Waals surface area (Å²) in [4.78, 5) is 36.2. The number of ether oxygens (including phenoxy) is 2. The zero-order chi connectivity index (χ0) is 25.4. The summed E-state index contributed by atoms with van der Waals surface area (Å²) >= 11 is 9.52. The Labute approximate surface area is 216 Å². The molecule has 9 heteroatoms. The molecule has 0 aliphatic rings. The molecular weight excluding hydrogens is 536 g/mol. The average Bonchev–Trinajstić information content (AvgIpc) is 2.84. The van der Waals surface area contributed by atoms with Gasteiger partial charge in [0.05, 0.1) is 11.4 Å². The number of hydrogen-bond acceptors (Lipinski definition) is 5. The van der Waals surface area contributed by atoms with Crippen molar-refractivity contribution in [3.05, 3.63) is 81.3 Å². The first-order chi connectivity index (χ1) is 16.7. The first-order valence-corrected chi connectivity index (χ1v) is 11.9. The maximum atomic E-state index is 12.2. The van der Waals surface area contributed by atoms with Crippen LogP contribution in [0.4, 0.5) is 11.4 Å². The summed E-state index contributed by atoms with van der Waals surface area (Å²) < 4.78 is 11.6. The number of halogens is 2. The third-order valence-electron chi connectivity index (χ3n) is 5.12. The zero-order valence-corrected chi connectivity index (χ0v) is 21.5. The van der Waals surface area contributed by atoms with Crippen LogP contribution >= 0.6 is 27.5 Å². The highest BCUT2D eigenvalue weighted by Gasteiger charge is 2.13. The van der Waals surface area contributed by atoms with E-state index in [-0.39, 0.29) is 18.7 Å². The molecule has 3 rings (SSSR count).